The first-order chi connectivity index (χ1) is 8.24. The molecule has 0 saturated heterocycles. The van der Waals surface area contributed by atoms with Crippen LogP contribution in [0.25, 0.3) is 10.9 Å². The Morgan fingerprint density at radius 2 is 2.18 bits per heavy atom. The van der Waals surface area contributed by atoms with E-state index in [1.165, 1.54) is 10.4 Å². The lowest BCUT2D eigenvalue weighted by atomic mass is 9.84. The highest BCUT2D eigenvalue weighted by atomic mass is 35.5. The fourth-order valence-corrected chi connectivity index (χ4v) is 3.76. The summed E-state index contributed by atoms with van der Waals surface area (Å²) in [6.45, 7) is 1.09. The van der Waals surface area contributed by atoms with Crippen molar-refractivity contribution in [3.63, 3.8) is 0 Å². The SMILES string of the molecule is CN(CC1CC(Cl)C1)c1snc2ccccc12. The fraction of sp³-hybridized carbons (Fsp3) is 0.462. The Bertz CT molecular complexity index is 519. The Kier molecular flexibility index (Phi) is 2.97. The highest BCUT2D eigenvalue weighted by molar-refractivity contribution is 7.11. The molecule has 1 aromatic carbocycles. The average Bonchev–Trinajstić information content (AvgIpc) is 2.70. The molecule has 17 heavy (non-hydrogen) atoms. The fourth-order valence-electron chi connectivity index (χ4n) is 2.42. The van der Waals surface area contributed by atoms with Gasteiger partial charge in [-0.3, -0.25) is 0 Å². The Morgan fingerprint density at radius 3 is 2.94 bits per heavy atom. The van der Waals surface area contributed by atoms with E-state index in [1.54, 1.807) is 11.5 Å². The first-order valence-electron chi connectivity index (χ1n) is 5.93. The Hall–Kier alpha value is -0.800. The van der Waals surface area contributed by atoms with Gasteiger partial charge in [0.05, 0.1) is 5.52 Å². The zero-order valence-electron chi connectivity index (χ0n) is 9.77. The van der Waals surface area contributed by atoms with Crippen molar-refractivity contribution in [2.75, 3.05) is 18.5 Å². The van der Waals surface area contributed by atoms with Crippen molar-refractivity contribution < 1.29 is 0 Å². The molecule has 2 aromatic rings. The van der Waals surface area contributed by atoms with Gasteiger partial charge in [0.15, 0.2) is 0 Å². The van der Waals surface area contributed by atoms with Crippen LogP contribution in [0.15, 0.2) is 24.3 Å². The summed E-state index contributed by atoms with van der Waals surface area (Å²) in [7, 11) is 2.15. The number of alkyl halides is 1. The van der Waals surface area contributed by atoms with Gasteiger partial charge in [0.25, 0.3) is 0 Å². The number of hydrogen-bond acceptors (Lipinski definition) is 3. The van der Waals surface area contributed by atoms with Crippen LogP contribution in [-0.4, -0.2) is 23.3 Å². The minimum atomic E-state index is 0.409. The lowest BCUT2D eigenvalue weighted by molar-refractivity contribution is 0.329. The van der Waals surface area contributed by atoms with E-state index in [4.69, 9.17) is 11.6 Å². The Labute approximate surface area is 110 Å². The van der Waals surface area contributed by atoms with Gasteiger partial charge in [0.2, 0.25) is 0 Å². The number of anilines is 1. The molecule has 0 radical (unpaired) electrons. The van der Waals surface area contributed by atoms with E-state index >= 15 is 0 Å². The molecule has 2 nitrogen and oxygen atoms in total. The molecule has 0 bridgehead atoms. The maximum absolute atomic E-state index is 6.02. The van der Waals surface area contributed by atoms with Gasteiger partial charge in [-0.05, 0) is 42.4 Å². The summed E-state index contributed by atoms with van der Waals surface area (Å²) in [5, 5.41) is 2.95. The van der Waals surface area contributed by atoms with Crippen LogP contribution in [0, 0.1) is 5.92 Å². The van der Waals surface area contributed by atoms with Crippen LogP contribution in [0.4, 0.5) is 5.00 Å². The van der Waals surface area contributed by atoms with Crippen molar-refractivity contribution in [2.24, 2.45) is 5.92 Å². The van der Waals surface area contributed by atoms with Crippen molar-refractivity contribution in [3.05, 3.63) is 24.3 Å². The smallest absolute Gasteiger partial charge is 0.119 e. The number of fused-ring (bicyclic) bond motifs is 1. The van der Waals surface area contributed by atoms with Crippen molar-refractivity contribution in [3.8, 4) is 0 Å². The van der Waals surface area contributed by atoms with Gasteiger partial charge in [-0.15, -0.1) is 11.6 Å². The van der Waals surface area contributed by atoms with E-state index in [-0.39, 0.29) is 0 Å². The quantitative estimate of drug-likeness (QED) is 0.787. The number of nitrogens with zero attached hydrogens (tertiary/aromatic N) is 2. The van der Waals surface area contributed by atoms with Gasteiger partial charge < -0.3 is 4.90 Å². The van der Waals surface area contributed by atoms with E-state index in [0.717, 1.165) is 30.8 Å². The third kappa shape index (κ3) is 2.14. The normalized spacial score (nSPS) is 23.6. The van der Waals surface area contributed by atoms with Crippen LogP contribution >= 0.6 is 23.1 Å². The maximum Gasteiger partial charge on any atom is 0.119 e. The predicted molar refractivity (Wildman–Crippen MR) is 75.3 cm³/mol. The van der Waals surface area contributed by atoms with Crippen LogP contribution in [-0.2, 0) is 0 Å². The van der Waals surface area contributed by atoms with Crippen LogP contribution < -0.4 is 4.90 Å². The highest BCUT2D eigenvalue weighted by Crippen LogP contribution is 2.36. The molecular weight excluding hydrogens is 252 g/mol. The third-order valence-electron chi connectivity index (χ3n) is 3.42. The van der Waals surface area contributed by atoms with E-state index in [2.05, 4.69) is 34.5 Å². The average molecular weight is 267 g/mol. The summed E-state index contributed by atoms with van der Waals surface area (Å²) in [4.78, 5) is 2.33. The van der Waals surface area contributed by atoms with Crippen molar-refractivity contribution in [1.29, 1.82) is 0 Å². The molecule has 3 rings (SSSR count). The zero-order valence-corrected chi connectivity index (χ0v) is 11.3. The molecule has 0 N–H and O–H groups in total. The largest absolute Gasteiger partial charge is 0.364 e. The summed E-state index contributed by atoms with van der Waals surface area (Å²) in [6, 6.07) is 8.33. The summed E-state index contributed by atoms with van der Waals surface area (Å²) in [5.74, 6) is 0.753. The molecule has 1 saturated carbocycles. The minimum Gasteiger partial charge on any atom is -0.364 e. The third-order valence-corrected chi connectivity index (χ3v) is 4.77. The molecule has 4 heteroatoms. The van der Waals surface area contributed by atoms with Gasteiger partial charge >= 0.3 is 0 Å². The van der Waals surface area contributed by atoms with E-state index in [0.29, 0.717) is 5.38 Å². The first kappa shape index (κ1) is 11.3. The topological polar surface area (TPSA) is 16.1 Å². The molecule has 1 fully saturated rings. The molecular formula is C13H15ClN2S. The van der Waals surface area contributed by atoms with Crippen molar-refractivity contribution in [1.82, 2.24) is 4.37 Å². The predicted octanol–water partition coefficient (Wildman–Crippen LogP) is 3.75. The van der Waals surface area contributed by atoms with Crippen LogP contribution in [0.1, 0.15) is 12.8 Å². The molecule has 0 amide bonds. The molecule has 1 aliphatic carbocycles. The molecule has 0 atom stereocenters. The minimum absolute atomic E-state index is 0.409. The summed E-state index contributed by atoms with van der Waals surface area (Å²) in [6.07, 6.45) is 2.31. The van der Waals surface area contributed by atoms with E-state index < -0.39 is 0 Å². The lowest BCUT2D eigenvalue weighted by Crippen LogP contribution is -2.34. The van der Waals surface area contributed by atoms with Gasteiger partial charge in [-0.1, -0.05) is 12.1 Å². The van der Waals surface area contributed by atoms with E-state index in [9.17, 15) is 0 Å². The van der Waals surface area contributed by atoms with E-state index in [1.807, 2.05) is 6.07 Å². The van der Waals surface area contributed by atoms with Gasteiger partial charge in [-0.25, -0.2) is 0 Å². The molecule has 0 unspecified atom stereocenters. The molecule has 1 heterocycles. The van der Waals surface area contributed by atoms with Crippen LogP contribution in [0.3, 0.4) is 0 Å². The van der Waals surface area contributed by atoms with Gasteiger partial charge in [0.1, 0.15) is 5.00 Å². The number of hydrogen-bond donors (Lipinski definition) is 0. The standard InChI is InChI=1S/C13H15ClN2S/c1-16(8-9-6-10(14)7-9)13-11-4-2-3-5-12(11)15-17-13/h2-5,9-10H,6-8H2,1H3. The van der Waals surface area contributed by atoms with Gasteiger partial charge in [0, 0.05) is 24.4 Å². The molecule has 1 aliphatic rings. The summed E-state index contributed by atoms with van der Waals surface area (Å²) >= 11 is 7.61. The number of aromatic nitrogens is 1. The molecule has 0 aliphatic heterocycles. The number of rotatable bonds is 3. The van der Waals surface area contributed by atoms with Crippen LogP contribution in [0.5, 0.6) is 0 Å². The number of halogens is 1. The first-order valence-corrected chi connectivity index (χ1v) is 7.14. The second-order valence-corrected chi connectivity index (χ2v) is 6.19. The monoisotopic (exact) mass is 266 g/mol. The molecule has 1 aromatic heterocycles. The summed E-state index contributed by atoms with van der Waals surface area (Å²) in [5.41, 5.74) is 1.10. The Morgan fingerprint density at radius 1 is 1.41 bits per heavy atom. The maximum atomic E-state index is 6.02. The summed E-state index contributed by atoms with van der Waals surface area (Å²) < 4.78 is 4.48. The van der Waals surface area contributed by atoms with Crippen molar-refractivity contribution >= 4 is 39.0 Å². The van der Waals surface area contributed by atoms with Crippen molar-refractivity contribution in [2.45, 2.75) is 18.2 Å². The highest BCUT2D eigenvalue weighted by Gasteiger charge is 2.28. The van der Waals surface area contributed by atoms with Crippen LogP contribution in [0.2, 0.25) is 0 Å². The second-order valence-electron chi connectivity index (χ2n) is 4.82. The molecule has 90 valence electrons. The molecule has 0 spiro atoms. The zero-order chi connectivity index (χ0) is 11.8. The Balaban J connectivity index is 1.78. The lowest BCUT2D eigenvalue weighted by Gasteiger charge is -2.34. The number of benzene rings is 1. The van der Waals surface area contributed by atoms with Gasteiger partial charge in [-0.2, -0.15) is 4.37 Å². The second kappa shape index (κ2) is 4.46.